The molecule has 78 valence electrons. The molecule has 15 heavy (non-hydrogen) atoms. The average molecular weight is 223 g/mol. The summed E-state index contributed by atoms with van der Waals surface area (Å²) in [6, 6.07) is 6.50. The molecule has 2 rings (SSSR count). The minimum absolute atomic E-state index is 0.238. The third kappa shape index (κ3) is 1.66. The Labute approximate surface area is 88.7 Å². The highest BCUT2D eigenvalue weighted by atomic mass is 32.2. The van der Waals surface area contributed by atoms with Crippen LogP contribution >= 0.6 is 0 Å². The summed E-state index contributed by atoms with van der Waals surface area (Å²) in [5.41, 5.74) is 1.02. The second kappa shape index (κ2) is 3.51. The Morgan fingerprint density at radius 3 is 2.73 bits per heavy atom. The van der Waals surface area contributed by atoms with E-state index in [9.17, 15) is 9.00 Å². The number of benzene rings is 1. The molecule has 0 aliphatic rings. The van der Waals surface area contributed by atoms with E-state index in [4.69, 9.17) is 5.11 Å². The summed E-state index contributed by atoms with van der Waals surface area (Å²) in [7, 11) is -1.12. The van der Waals surface area contributed by atoms with Gasteiger partial charge in [0.15, 0.2) is 0 Å². The van der Waals surface area contributed by atoms with Gasteiger partial charge >= 0.3 is 5.97 Å². The lowest BCUT2D eigenvalue weighted by Crippen LogP contribution is -2.00. The number of carboxylic acids is 1. The van der Waals surface area contributed by atoms with Crippen molar-refractivity contribution >= 4 is 27.9 Å². The molecule has 1 heterocycles. The summed E-state index contributed by atoms with van der Waals surface area (Å²) in [5.74, 6) is -0.956. The summed E-state index contributed by atoms with van der Waals surface area (Å²) in [6.07, 6.45) is 3.26. The van der Waals surface area contributed by atoms with Crippen molar-refractivity contribution < 1.29 is 14.1 Å². The van der Waals surface area contributed by atoms with E-state index in [1.807, 2.05) is 0 Å². The largest absolute Gasteiger partial charge is 0.478 e. The second-order valence-electron chi connectivity index (χ2n) is 3.14. The van der Waals surface area contributed by atoms with Gasteiger partial charge in [0.2, 0.25) is 0 Å². The number of carbonyl (C=O) groups is 1. The minimum Gasteiger partial charge on any atom is -0.478 e. The third-order valence-corrected chi connectivity index (χ3v) is 3.05. The van der Waals surface area contributed by atoms with Gasteiger partial charge in [-0.05, 0) is 24.3 Å². The molecule has 0 amide bonds. The van der Waals surface area contributed by atoms with Crippen LogP contribution in [0.2, 0.25) is 0 Å². The molecule has 0 bridgehead atoms. The van der Waals surface area contributed by atoms with Gasteiger partial charge in [-0.1, -0.05) is 0 Å². The van der Waals surface area contributed by atoms with E-state index < -0.39 is 17.0 Å². The predicted molar refractivity (Wildman–Crippen MR) is 58.4 cm³/mol. The van der Waals surface area contributed by atoms with Crippen molar-refractivity contribution in [1.29, 1.82) is 0 Å². The van der Waals surface area contributed by atoms with Crippen molar-refractivity contribution in [2.75, 3.05) is 6.26 Å². The first kappa shape index (κ1) is 9.92. The SMILES string of the molecule is CS(=O)n1ccc2cc(C(=O)O)ccc21. The smallest absolute Gasteiger partial charge is 0.335 e. The Morgan fingerprint density at radius 1 is 1.40 bits per heavy atom. The molecular formula is C10H9NO3S. The van der Waals surface area contributed by atoms with Crippen molar-refractivity contribution in [3.05, 3.63) is 36.0 Å². The zero-order valence-corrected chi connectivity index (χ0v) is 8.82. The topological polar surface area (TPSA) is 59.3 Å². The first-order valence-electron chi connectivity index (χ1n) is 4.28. The van der Waals surface area contributed by atoms with E-state index in [0.29, 0.717) is 0 Å². The zero-order valence-electron chi connectivity index (χ0n) is 8.01. The van der Waals surface area contributed by atoms with Crippen LogP contribution in [0.5, 0.6) is 0 Å². The van der Waals surface area contributed by atoms with Crippen LogP contribution in [-0.2, 0) is 11.0 Å². The summed E-state index contributed by atoms with van der Waals surface area (Å²) in [5, 5.41) is 9.58. The van der Waals surface area contributed by atoms with Gasteiger partial charge in [-0.3, -0.25) is 3.97 Å². The van der Waals surface area contributed by atoms with Crippen molar-refractivity contribution in [2.24, 2.45) is 0 Å². The first-order valence-corrected chi connectivity index (χ1v) is 5.79. The normalized spacial score (nSPS) is 12.9. The van der Waals surface area contributed by atoms with Crippen molar-refractivity contribution in [3.63, 3.8) is 0 Å². The van der Waals surface area contributed by atoms with Crippen LogP contribution in [0.1, 0.15) is 10.4 Å². The highest BCUT2D eigenvalue weighted by molar-refractivity contribution is 7.82. The van der Waals surface area contributed by atoms with Crippen LogP contribution in [0.4, 0.5) is 0 Å². The van der Waals surface area contributed by atoms with E-state index in [0.717, 1.165) is 10.9 Å². The molecule has 0 aliphatic heterocycles. The number of nitrogens with zero attached hydrogens (tertiary/aromatic N) is 1. The molecule has 4 nitrogen and oxygen atoms in total. The summed E-state index contributed by atoms with van der Waals surface area (Å²) in [6.45, 7) is 0. The Kier molecular flexibility index (Phi) is 2.32. The number of hydrogen-bond donors (Lipinski definition) is 1. The maximum atomic E-state index is 11.3. The third-order valence-electron chi connectivity index (χ3n) is 2.18. The van der Waals surface area contributed by atoms with E-state index in [1.54, 1.807) is 34.6 Å². The van der Waals surface area contributed by atoms with Gasteiger partial charge < -0.3 is 5.11 Å². The molecule has 0 fully saturated rings. The maximum Gasteiger partial charge on any atom is 0.335 e. The van der Waals surface area contributed by atoms with Crippen LogP contribution < -0.4 is 0 Å². The fraction of sp³-hybridized carbons (Fsp3) is 0.100. The molecule has 1 atom stereocenters. The summed E-state index contributed by atoms with van der Waals surface area (Å²) in [4.78, 5) is 10.7. The van der Waals surface area contributed by atoms with Gasteiger partial charge in [0, 0.05) is 17.8 Å². The van der Waals surface area contributed by atoms with Crippen LogP contribution in [0.3, 0.4) is 0 Å². The highest BCUT2D eigenvalue weighted by Gasteiger charge is 2.07. The van der Waals surface area contributed by atoms with Crippen molar-refractivity contribution in [3.8, 4) is 0 Å². The van der Waals surface area contributed by atoms with E-state index in [1.165, 1.54) is 6.07 Å². The number of hydrogen-bond acceptors (Lipinski definition) is 2. The Bertz CT molecular complexity index is 559. The van der Waals surface area contributed by atoms with Gasteiger partial charge in [-0.25, -0.2) is 9.00 Å². The van der Waals surface area contributed by atoms with Gasteiger partial charge in [0.05, 0.1) is 11.1 Å². The lowest BCUT2D eigenvalue weighted by molar-refractivity contribution is 0.0697. The molecule has 2 aromatic rings. The molecule has 0 saturated carbocycles. The van der Waals surface area contributed by atoms with Gasteiger partial charge in [0.1, 0.15) is 11.0 Å². The fourth-order valence-electron chi connectivity index (χ4n) is 1.47. The van der Waals surface area contributed by atoms with Crippen LogP contribution in [-0.4, -0.2) is 25.5 Å². The zero-order chi connectivity index (χ0) is 11.0. The number of rotatable bonds is 2. The summed E-state index contributed by atoms with van der Waals surface area (Å²) < 4.78 is 12.9. The minimum atomic E-state index is -1.12. The number of carboxylic acid groups (broad SMARTS) is 1. The van der Waals surface area contributed by atoms with Crippen LogP contribution in [0, 0.1) is 0 Å². The number of fused-ring (bicyclic) bond motifs is 1. The number of aromatic carboxylic acids is 1. The molecule has 5 heteroatoms. The monoisotopic (exact) mass is 223 g/mol. The standard InChI is InChI=1S/C10H9NO3S/c1-15(14)11-5-4-7-6-8(10(12)13)2-3-9(7)11/h2-6H,1H3,(H,12,13). The average Bonchev–Trinajstić information content (AvgIpc) is 2.59. The molecule has 1 aromatic carbocycles. The fourth-order valence-corrected chi connectivity index (χ4v) is 2.15. The summed E-state index contributed by atoms with van der Waals surface area (Å²) >= 11 is 0. The first-order chi connectivity index (χ1) is 7.09. The molecule has 1 unspecified atom stereocenters. The quantitative estimate of drug-likeness (QED) is 0.838. The predicted octanol–water partition coefficient (Wildman–Crippen LogP) is 1.48. The van der Waals surface area contributed by atoms with E-state index in [-0.39, 0.29) is 5.56 Å². The lowest BCUT2D eigenvalue weighted by Gasteiger charge is -2.00. The Hall–Kier alpha value is -1.62. The Morgan fingerprint density at radius 2 is 2.13 bits per heavy atom. The molecule has 1 aromatic heterocycles. The molecular weight excluding hydrogens is 214 g/mol. The molecule has 0 aliphatic carbocycles. The highest BCUT2D eigenvalue weighted by Crippen LogP contribution is 2.18. The van der Waals surface area contributed by atoms with Crippen molar-refractivity contribution in [1.82, 2.24) is 3.97 Å². The number of aromatic nitrogens is 1. The van der Waals surface area contributed by atoms with Crippen LogP contribution in [0.15, 0.2) is 30.5 Å². The lowest BCUT2D eigenvalue weighted by atomic mass is 10.1. The van der Waals surface area contributed by atoms with Gasteiger partial charge in [-0.2, -0.15) is 0 Å². The molecule has 1 N–H and O–H groups in total. The van der Waals surface area contributed by atoms with E-state index >= 15 is 0 Å². The Balaban J connectivity index is 2.66. The van der Waals surface area contributed by atoms with Crippen molar-refractivity contribution in [2.45, 2.75) is 0 Å². The molecule has 0 radical (unpaired) electrons. The molecule has 0 saturated heterocycles. The second-order valence-corrected chi connectivity index (χ2v) is 4.39. The maximum absolute atomic E-state index is 11.3. The van der Waals surface area contributed by atoms with Crippen LogP contribution in [0.25, 0.3) is 10.9 Å². The van der Waals surface area contributed by atoms with Gasteiger partial charge in [0.25, 0.3) is 0 Å². The van der Waals surface area contributed by atoms with Gasteiger partial charge in [-0.15, -0.1) is 0 Å². The molecule has 0 spiro atoms. The van der Waals surface area contributed by atoms with E-state index in [2.05, 4.69) is 0 Å².